The van der Waals surface area contributed by atoms with Crippen molar-refractivity contribution in [2.75, 3.05) is 0 Å². The summed E-state index contributed by atoms with van der Waals surface area (Å²) in [5.74, 6) is 0.594. The zero-order valence-corrected chi connectivity index (χ0v) is 7.81. The van der Waals surface area contributed by atoms with Gasteiger partial charge in [-0.2, -0.15) is 5.11 Å². The summed E-state index contributed by atoms with van der Waals surface area (Å²) in [5.41, 5.74) is 0.804. The van der Waals surface area contributed by atoms with E-state index in [0.29, 0.717) is 5.95 Å². The summed E-state index contributed by atoms with van der Waals surface area (Å²) in [6.45, 7) is 5.42. The third-order valence-electron chi connectivity index (χ3n) is 1.45. The predicted octanol–water partition coefficient (Wildman–Crippen LogP) is 2.59. The summed E-state index contributed by atoms with van der Waals surface area (Å²) in [6, 6.07) is 0. The highest BCUT2D eigenvalue weighted by Gasteiger charge is 1.93. The molecular formula is C9H12N4. The fourth-order valence-electron chi connectivity index (χ4n) is 0.782. The smallest absolute Gasteiger partial charge is 0.249 e. The molecule has 0 unspecified atom stereocenters. The Kier molecular flexibility index (Phi) is 3.14. The molecule has 1 heterocycles. The van der Waals surface area contributed by atoms with Crippen LogP contribution in [0, 0.1) is 0 Å². The van der Waals surface area contributed by atoms with Crippen LogP contribution in [0.25, 0.3) is 0 Å². The van der Waals surface area contributed by atoms with Crippen LogP contribution >= 0.6 is 0 Å². The minimum Gasteiger partial charge on any atom is -0.317 e. The van der Waals surface area contributed by atoms with Crippen molar-refractivity contribution in [1.82, 2.24) is 9.55 Å². The van der Waals surface area contributed by atoms with E-state index in [2.05, 4.69) is 21.8 Å². The molecule has 0 saturated carbocycles. The van der Waals surface area contributed by atoms with Crippen LogP contribution in [0.2, 0.25) is 0 Å². The Hall–Kier alpha value is -1.71. The zero-order valence-electron chi connectivity index (χ0n) is 7.81. The van der Waals surface area contributed by atoms with E-state index in [1.54, 1.807) is 22.9 Å². The summed E-state index contributed by atoms with van der Waals surface area (Å²) in [6.07, 6.45) is 6.96. The van der Waals surface area contributed by atoms with Crippen LogP contribution in [0.5, 0.6) is 0 Å². The molecule has 0 atom stereocenters. The van der Waals surface area contributed by atoms with Gasteiger partial charge in [-0.05, 0) is 13.0 Å². The lowest BCUT2D eigenvalue weighted by atomic mass is 10.4. The van der Waals surface area contributed by atoms with Crippen molar-refractivity contribution >= 4 is 5.95 Å². The lowest BCUT2D eigenvalue weighted by molar-refractivity contribution is 0.886. The van der Waals surface area contributed by atoms with Crippen LogP contribution in [0.3, 0.4) is 0 Å². The molecule has 13 heavy (non-hydrogen) atoms. The van der Waals surface area contributed by atoms with Crippen molar-refractivity contribution in [3.63, 3.8) is 0 Å². The van der Waals surface area contributed by atoms with Crippen molar-refractivity contribution in [2.45, 2.75) is 6.92 Å². The summed E-state index contributed by atoms with van der Waals surface area (Å²) >= 11 is 0. The molecule has 68 valence electrons. The third-order valence-corrected chi connectivity index (χ3v) is 1.45. The van der Waals surface area contributed by atoms with Gasteiger partial charge in [0, 0.05) is 19.4 Å². The summed E-state index contributed by atoms with van der Waals surface area (Å²) in [5, 5.41) is 7.89. The van der Waals surface area contributed by atoms with Gasteiger partial charge in [0.25, 0.3) is 0 Å². The summed E-state index contributed by atoms with van der Waals surface area (Å²) < 4.78 is 1.80. The first-order valence-corrected chi connectivity index (χ1v) is 3.92. The highest BCUT2D eigenvalue weighted by molar-refractivity contribution is 5.15. The largest absolute Gasteiger partial charge is 0.317 e. The number of allylic oxidation sites excluding steroid dienone is 3. The van der Waals surface area contributed by atoms with E-state index in [9.17, 15) is 0 Å². The monoisotopic (exact) mass is 176 g/mol. The first-order chi connectivity index (χ1) is 6.24. The first kappa shape index (κ1) is 9.38. The topological polar surface area (TPSA) is 42.5 Å². The van der Waals surface area contributed by atoms with Gasteiger partial charge in [0.2, 0.25) is 5.95 Å². The molecule has 1 rings (SSSR count). The minimum atomic E-state index is 0.594. The summed E-state index contributed by atoms with van der Waals surface area (Å²) in [7, 11) is 1.87. The molecule has 0 aliphatic rings. The number of hydrogen-bond acceptors (Lipinski definition) is 3. The quantitative estimate of drug-likeness (QED) is 0.515. The number of hydrogen-bond donors (Lipinski definition) is 0. The van der Waals surface area contributed by atoms with Crippen LogP contribution in [-0.2, 0) is 7.05 Å². The van der Waals surface area contributed by atoms with Crippen molar-refractivity contribution < 1.29 is 0 Å². The summed E-state index contributed by atoms with van der Waals surface area (Å²) in [4.78, 5) is 4.00. The maximum Gasteiger partial charge on any atom is 0.249 e. The lowest BCUT2D eigenvalue weighted by Crippen LogP contribution is -1.82. The normalized spacial score (nSPS) is 12.3. The third kappa shape index (κ3) is 2.66. The molecule has 1 aromatic heterocycles. The van der Waals surface area contributed by atoms with E-state index < -0.39 is 0 Å². The van der Waals surface area contributed by atoms with Gasteiger partial charge in [-0.25, -0.2) is 4.98 Å². The Bertz CT molecular complexity index is 346. The van der Waals surface area contributed by atoms with Gasteiger partial charge in [0.05, 0.1) is 5.70 Å². The number of aromatic nitrogens is 2. The van der Waals surface area contributed by atoms with E-state index in [-0.39, 0.29) is 0 Å². The van der Waals surface area contributed by atoms with Crippen LogP contribution < -0.4 is 0 Å². The SMILES string of the molecule is C=C/C=C(\C)N=Nc1nccn1C. The minimum absolute atomic E-state index is 0.594. The predicted molar refractivity (Wildman–Crippen MR) is 51.7 cm³/mol. The Morgan fingerprint density at radius 3 is 3.00 bits per heavy atom. The van der Waals surface area contributed by atoms with Gasteiger partial charge in [-0.15, -0.1) is 5.11 Å². The van der Waals surface area contributed by atoms with Crippen LogP contribution in [0.1, 0.15) is 6.92 Å². The Morgan fingerprint density at radius 2 is 2.46 bits per heavy atom. The maximum atomic E-state index is 4.00. The van der Waals surface area contributed by atoms with Gasteiger partial charge in [0.1, 0.15) is 0 Å². The molecule has 0 spiro atoms. The second-order valence-corrected chi connectivity index (χ2v) is 2.58. The molecule has 4 heteroatoms. The highest BCUT2D eigenvalue weighted by atomic mass is 15.2. The van der Waals surface area contributed by atoms with E-state index in [1.807, 2.05) is 20.2 Å². The van der Waals surface area contributed by atoms with Crippen LogP contribution in [0.15, 0.2) is 47.1 Å². The fourth-order valence-corrected chi connectivity index (χ4v) is 0.782. The number of azo groups is 1. The van der Waals surface area contributed by atoms with Crippen molar-refractivity contribution in [3.8, 4) is 0 Å². The van der Waals surface area contributed by atoms with Crippen molar-refractivity contribution in [2.24, 2.45) is 17.3 Å². The average Bonchev–Trinajstić information content (AvgIpc) is 2.48. The maximum absolute atomic E-state index is 4.00. The van der Waals surface area contributed by atoms with Crippen molar-refractivity contribution in [1.29, 1.82) is 0 Å². The number of imidazole rings is 1. The van der Waals surface area contributed by atoms with E-state index >= 15 is 0 Å². The molecule has 0 amide bonds. The molecule has 0 N–H and O–H groups in total. The molecule has 0 bridgehead atoms. The highest BCUT2D eigenvalue weighted by Crippen LogP contribution is 2.08. The molecule has 0 fully saturated rings. The van der Waals surface area contributed by atoms with Crippen molar-refractivity contribution in [3.05, 3.63) is 36.8 Å². The number of aryl methyl sites for hydroxylation is 1. The molecule has 0 aliphatic carbocycles. The number of rotatable bonds is 3. The van der Waals surface area contributed by atoms with Crippen LogP contribution in [0.4, 0.5) is 5.95 Å². The van der Waals surface area contributed by atoms with E-state index in [0.717, 1.165) is 5.70 Å². The first-order valence-electron chi connectivity index (χ1n) is 3.92. The molecule has 0 saturated heterocycles. The average molecular weight is 176 g/mol. The molecular weight excluding hydrogens is 164 g/mol. The number of nitrogens with zero attached hydrogens (tertiary/aromatic N) is 4. The Balaban J connectivity index is 2.74. The van der Waals surface area contributed by atoms with Gasteiger partial charge in [-0.3, -0.25) is 0 Å². The fraction of sp³-hybridized carbons (Fsp3) is 0.222. The Labute approximate surface area is 77.3 Å². The second-order valence-electron chi connectivity index (χ2n) is 2.58. The Morgan fingerprint density at radius 1 is 1.69 bits per heavy atom. The standard InChI is InChI=1S/C9H12N4/c1-4-5-8(2)11-12-9-10-6-7-13(9)3/h4-7H,1H2,2-3H3/b8-5+,12-11?. The second kappa shape index (κ2) is 4.35. The molecule has 0 radical (unpaired) electrons. The zero-order chi connectivity index (χ0) is 9.68. The van der Waals surface area contributed by atoms with E-state index in [1.165, 1.54) is 0 Å². The van der Waals surface area contributed by atoms with Crippen LogP contribution in [-0.4, -0.2) is 9.55 Å². The van der Waals surface area contributed by atoms with Gasteiger partial charge in [-0.1, -0.05) is 12.7 Å². The molecule has 0 aromatic carbocycles. The molecule has 0 aliphatic heterocycles. The van der Waals surface area contributed by atoms with Gasteiger partial charge < -0.3 is 4.57 Å². The van der Waals surface area contributed by atoms with Gasteiger partial charge >= 0.3 is 0 Å². The lowest BCUT2D eigenvalue weighted by Gasteiger charge is -1.91. The van der Waals surface area contributed by atoms with Gasteiger partial charge in [0.15, 0.2) is 0 Å². The molecule has 1 aromatic rings. The van der Waals surface area contributed by atoms with E-state index in [4.69, 9.17) is 0 Å². The molecule has 4 nitrogen and oxygen atoms in total.